The number of benzene rings is 2. The zero-order chi connectivity index (χ0) is 56.3. The van der Waals surface area contributed by atoms with Crippen LogP contribution in [0.15, 0.2) is 53.2 Å². The normalized spacial score (nSPS) is 28.8. The van der Waals surface area contributed by atoms with Crippen LogP contribution in [-0.4, -0.2) is 116 Å². The number of amides is 1. The van der Waals surface area contributed by atoms with E-state index in [0.717, 1.165) is 23.4 Å². The van der Waals surface area contributed by atoms with Crippen LogP contribution in [-0.2, 0) is 30.3 Å². The maximum Gasteiger partial charge on any atom is 0.341 e. The van der Waals surface area contributed by atoms with Crippen LogP contribution >= 0.6 is 0 Å². The summed E-state index contributed by atoms with van der Waals surface area (Å²) in [4.78, 5) is 68.4. The molecule has 10 atom stereocenters. The Bertz CT molecular complexity index is 3220. The number of ketones is 1. The molecule has 414 valence electrons. The number of carboxylic acids is 1. The van der Waals surface area contributed by atoms with Crippen LogP contribution in [0.1, 0.15) is 117 Å². The molecule has 2 aromatic heterocycles. The van der Waals surface area contributed by atoms with Crippen LogP contribution in [0.5, 0.6) is 23.0 Å². The Hall–Kier alpha value is -7.00. The first-order valence-electron chi connectivity index (χ1n) is 26.0. The second-order valence-electron chi connectivity index (χ2n) is 21.5. The number of ether oxygens (including phenoxy) is 4. The number of carboxylic acid groups (broad SMARTS) is 1. The topological polar surface area (TPSA) is 275 Å². The van der Waals surface area contributed by atoms with Gasteiger partial charge in [0.15, 0.2) is 11.6 Å². The van der Waals surface area contributed by atoms with E-state index in [1.807, 2.05) is 4.90 Å². The first kappa shape index (κ1) is 56.2. The van der Waals surface area contributed by atoms with Gasteiger partial charge in [0.25, 0.3) is 17.2 Å². The molecule has 6 heterocycles. The van der Waals surface area contributed by atoms with Crippen LogP contribution in [0.25, 0.3) is 16.3 Å². The van der Waals surface area contributed by atoms with Gasteiger partial charge in [0.2, 0.25) is 0 Å². The van der Waals surface area contributed by atoms with E-state index in [9.17, 15) is 54.6 Å². The molecule has 2 fully saturated rings. The number of esters is 1. The number of phenols is 3. The number of hydrogen-bond acceptors (Lipinski definition) is 16. The second-order valence-corrected chi connectivity index (χ2v) is 21.5. The number of methoxy groups -OCH3 is 1. The number of fused-ring (bicyclic) bond motifs is 15. The van der Waals surface area contributed by atoms with Crippen molar-refractivity contribution in [1.82, 2.24) is 9.72 Å². The lowest BCUT2D eigenvalue weighted by Crippen LogP contribution is -2.46. The van der Waals surface area contributed by atoms with Crippen molar-refractivity contribution in [3.63, 3.8) is 0 Å². The zero-order valence-corrected chi connectivity index (χ0v) is 44.9. The highest BCUT2D eigenvalue weighted by Gasteiger charge is 2.50. The zero-order valence-electron chi connectivity index (χ0n) is 44.9. The quantitative estimate of drug-likeness (QED) is 0.0476. The molecule has 0 radical (unpaired) electrons. The number of aromatic nitrogens is 1. The van der Waals surface area contributed by atoms with E-state index in [4.69, 9.17) is 18.9 Å². The number of hydrogen-bond donors (Lipinski definition) is 8. The maximum atomic E-state index is 16.2. The lowest BCUT2D eigenvalue weighted by Gasteiger charge is -2.38. The lowest BCUT2D eigenvalue weighted by molar-refractivity contribution is -0.160. The molecule has 19 nitrogen and oxygen atoms in total. The number of anilines is 2. The van der Waals surface area contributed by atoms with E-state index in [0.29, 0.717) is 41.8 Å². The van der Waals surface area contributed by atoms with Crippen LogP contribution in [0, 0.1) is 49.3 Å². The van der Waals surface area contributed by atoms with E-state index < -0.39 is 112 Å². The summed E-state index contributed by atoms with van der Waals surface area (Å²) in [6, 6.07) is 1.41. The number of aliphatic hydroxyl groups excluding tert-OH is 2. The summed E-state index contributed by atoms with van der Waals surface area (Å²) in [5.41, 5.74) is 0.305. The molecule has 1 aliphatic carbocycles. The Morgan fingerprint density at radius 1 is 0.935 bits per heavy atom. The van der Waals surface area contributed by atoms with E-state index in [-0.39, 0.29) is 69.4 Å². The fraction of sp³-hybridized carbons (Fsp3) is 0.491. The summed E-state index contributed by atoms with van der Waals surface area (Å²) in [7, 11) is 1.42. The highest BCUT2D eigenvalue weighted by Crippen LogP contribution is 2.55. The average Bonchev–Trinajstić information content (AvgIpc) is 4.19. The SMILES string of the molecule is CO[C@H]1/C=C/O[C@@]2(C)Oc3c(C)c(O)c4c(O)c(c(CNC[C@H]5CCN(c6c(F)cn7c(=O)c(C(=O)O)cc(C8CC8)c7c6C)C5)c(O)c4c3C2=O)NC(=O)/C(C)=C\C=C\[C@@H](C)[C@H](O)[C@@H](C)[C@H](O)[C@@H](C)[C@H](OC(C)=O)[C@@H]1C. The first-order valence-corrected chi connectivity index (χ1v) is 26.0. The summed E-state index contributed by atoms with van der Waals surface area (Å²) >= 11 is 0. The van der Waals surface area contributed by atoms with Gasteiger partial charge >= 0.3 is 17.7 Å². The van der Waals surface area contributed by atoms with Crippen LogP contribution in [0.3, 0.4) is 0 Å². The molecule has 0 spiro atoms. The number of aliphatic hydroxyl groups is 2. The minimum Gasteiger partial charge on any atom is -0.507 e. The number of aryl methyl sites for hydroxylation is 1. The van der Waals surface area contributed by atoms with Crippen molar-refractivity contribution < 1.29 is 73.2 Å². The van der Waals surface area contributed by atoms with Crippen LogP contribution in [0.4, 0.5) is 15.8 Å². The van der Waals surface area contributed by atoms with E-state index in [2.05, 4.69) is 10.6 Å². The predicted octanol–water partition coefficient (Wildman–Crippen LogP) is 7.01. The second kappa shape index (κ2) is 21.8. The largest absolute Gasteiger partial charge is 0.507 e. The molecule has 8 N–H and O–H groups in total. The standard InChI is InChI=1S/C57H69FN4O15/c1-25-12-11-13-26(2)54(70)60-43-37(22-59-21-33-16-18-61(23-33)45-28(4)44-35(34-14-15-34)20-36(56(72)73)55(71)62(44)24-38(45)58)49(67)40-41(50(43)68)48(66)31(7)52-42(40)53(69)57(9,77-52)75-19-17-39(74-10)27(3)51(76-32(8)63)30(6)47(65)29(5)46(25)64/h11-13,17,19-20,24-25,27,29-30,33-34,39,46-47,51,59,64-68H,14-16,18,21-23H2,1-10H3,(H,60,70)(H,72,73)/b12-11+,19-17+,26-13-/t25-,27-,29-,30-,33-,39+,46+,47+,51-,57+/m1/s1. The number of allylic oxidation sites excluding steroid dienone is 2. The number of pyridine rings is 2. The van der Waals surface area contributed by atoms with Gasteiger partial charge in [0.1, 0.15) is 28.9 Å². The van der Waals surface area contributed by atoms with Crippen LogP contribution < -0.4 is 25.8 Å². The molecule has 0 unspecified atom stereocenters. The summed E-state index contributed by atoms with van der Waals surface area (Å²) < 4.78 is 41.1. The predicted molar refractivity (Wildman–Crippen MR) is 283 cm³/mol. The number of nitrogens with zero attached hydrogens (tertiary/aromatic N) is 2. The third-order valence-electron chi connectivity index (χ3n) is 16.1. The number of aromatic hydroxyl groups is 3. The molecule has 4 aliphatic heterocycles. The van der Waals surface area contributed by atoms with Crippen LogP contribution in [0.2, 0.25) is 0 Å². The molecule has 1 saturated heterocycles. The number of halogens is 1. The number of Topliss-reactive ketones (excluding diaryl/α,β-unsaturated/α-hetero) is 1. The van der Waals surface area contributed by atoms with Crippen molar-refractivity contribution in [2.45, 2.75) is 124 Å². The number of phenolic OH excluding ortho intramolecular Hbond substituents is 3. The monoisotopic (exact) mass is 1070 g/mol. The summed E-state index contributed by atoms with van der Waals surface area (Å²) in [6.07, 6.45) is 6.54. The minimum absolute atomic E-state index is 0.0112. The van der Waals surface area contributed by atoms with Gasteiger partial charge in [0, 0.05) is 92.9 Å². The number of carbonyl (C=O) groups excluding carboxylic acids is 3. The molecule has 77 heavy (non-hydrogen) atoms. The highest BCUT2D eigenvalue weighted by atomic mass is 19.1. The van der Waals surface area contributed by atoms with Gasteiger partial charge in [-0.25, -0.2) is 9.18 Å². The molecular formula is C57H69FN4O15. The molecule has 20 heteroatoms. The average molecular weight is 1070 g/mol. The van der Waals surface area contributed by atoms with Gasteiger partial charge in [-0.05, 0) is 75.1 Å². The Labute approximate surface area is 444 Å². The molecular weight excluding hydrogens is 1000 g/mol. The Morgan fingerprint density at radius 3 is 2.29 bits per heavy atom. The van der Waals surface area contributed by atoms with E-state index in [1.54, 1.807) is 46.8 Å². The van der Waals surface area contributed by atoms with Gasteiger partial charge < -0.3 is 65.1 Å². The molecule has 2 aromatic carbocycles. The summed E-state index contributed by atoms with van der Waals surface area (Å²) in [6.45, 7) is 14.9. The van der Waals surface area contributed by atoms with Crippen molar-refractivity contribution in [3.8, 4) is 23.0 Å². The smallest absolute Gasteiger partial charge is 0.341 e. The van der Waals surface area contributed by atoms with Gasteiger partial charge in [-0.3, -0.25) is 23.6 Å². The molecule has 1 amide bonds. The summed E-state index contributed by atoms with van der Waals surface area (Å²) in [5, 5.41) is 74.7. The van der Waals surface area contributed by atoms with E-state index in [1.165, 1.54) is 59.3 Å². The first-order chi connectivity index (χ1) is 36.3. The van der Waals surface area contributed by atoms with Crippen molar-refractivity contribution in [3.05, 3.63) is 98.0 Å². The number of aromatic carboxylic acids is 1. The van der Waals surface area contributed by atoms with Crippen molar-refractivity contribution >= 4 is 51.3 Å². The molecule has 5 bridgehead atoms. The highest BCUT2D eigenvalue weighted by molar-refractivity contribution is 6.22. The minimum atomic E-state index is -2.11. The van der Waals surface area contributed by atoms with Crippen molar-refractivity contribution in [1.29, 1.82) is 0 Å². The lowest BCUT2D eigenvalue weighted by atomic mass is 9.78. The van der Waals surface area contributed by atoms with Gasteiger partial charge in [0.05, 0.1) is 58.6 Å². The molecule has 4 aromatic rings. The Morgan fingerprint density at radius 2 is 1.64 bits per heavy atom. The molecule has 1 saturated carbocycles. The molecule has 5 aliphatic rings. The number of rotatable bonds is 9. The van der Waals surface area contributed by atoms with E-state index >= 15 is 4.39 Å². The fourth-order valence-corrected chi connectivity index (χ4v) is 11.5. The van der Waals surface area contributed by atoms with Crippen molar-refractivity contribution in [2.75, 3.05) is 37.0 Å². The third kappa shape index (κ3) is 10.3. The Kier molecular flexibility index (Phi) is 15.9. The molecule has 9 rings (SSSR count). The maximum absolute atomic E-state index is 16.2. The van der Waals surface area contributed by atoms with Gasteiger partial charge in [-0.15, -0.1) is 0 Å². The third-order valence-corrected chi connectivity index (χ3v) is 16.1. The fourth-order valence-electron chi connectivity index (χ4n) is 11.5. The van der Waals surface area contributed by atoms with Crippen molar-refractivity contribution in [2.24, 2.45) is 29.6 Å². The van der Waals surface area contributed by atoms with Gasteiger partial charge in [-0.1, -0.05) is 45.9 Å². The Balaban J connectivity index is 1.16. The number of nitrogens with one attached hydrogen (secondary N) is 2. The summed E-state index contributed by atoms with van der Waals surface area (Å²) in [5.74, 6) is -11.0. The number of carbonyl (C=O) groups is 4. The van der Waals surface area contributed by atoms with Gasteiger partial charge in [-0.2, -0.15) is 0 Å².